The van der Waals surface area contributed by atoms with Gasteiger partial charge in [0.15, 0.2) is 0 Å². The molecule has 2 unspecified atom stereocenters. The number of hydrogen-bond donors (Lipinski definition) is 0. The zero-order valence-electron chi connectivity index (χ0n) is 12.1. The molecule has 1 aliphatic rings. The van der Waals surface area contributed by atoms with Crippen LogP contribution in [0.2, 0.25) is 0 Å². The van der Waals surface area contributed by atoms with Gasteiger partial charge in [0.05, 0.1) is 18.0 Å². The van der Waals surface area contributed by atoms with E-state index in [1.54, 1.807) is 0 Å². The van der Waals surface area contributed by atoms with E-state index < -0.39 is 0 Å². The summed E-state index contributed by atoms with van der Waals surface area (Å²) in [7, 11) is 0. The van der Waals surface area contributed by atoms with Crippen LogP contribution in [0.15, 0.2) is 42.7 Å². The lowest BCUT2D eigenvalue weighted by molar-refractivity contribution is 0.0102. The average molecular weight is 349 g/mol. The van der Waals surface area contributed by atoms with Crippen molar-refractivity contribution in [2.75, 3.05) is 6.61 Å². The van der Waals surface area contributed by atoms with Gasteiger partial charge >= 0.3 is 0 Å². The summed E-state index contributed by atoms with van der Waals surface area (Å²) in [5, 5.41) is 4.46. The van der Waals surface area contributed by atoms with Gasteiger partial charge in [-0.15, -0.1) is 0 Å². The van der Waals surface area contributed by atoms with Crippen molar-refractivity contribution < 1.29 is 4.74 Å². The lowest BCUT2D eigenvalue weighted by atomic mass is 10.0. The van der Waals surface area contributed by atoms with E-state index in [1.807, 2.05) is 29.1 Å². The highest BCUT2D eigenvalue weighted by molar-refractivity contribution is 9.09. The summed E-state index contributed by atoms with van der Waals surface area (Å²) in [6, 6.07) is 10.2. The molecule has 4 heteroatoms. The van der Waals surface area contributed by atoms with Crippen LogP contribution in [0.25, 0.3) is 5.69 Å². The lowest BCUT2D eigenvalue weighted by Crippen LogP contribution is -2.19. The molecule has 21 heavy (non-hydrogen) atoms. The molecule has 0 saturated carbocycles. The highest BCUT2D eigenvalue weighted by Gasteiger charge is 2.17. The number of benzene rings is 1. The quantitative estimate of drug-likeness (QED) is 0.735. The van der Waals surface area contributed by atoms with Crippen LogP contribution >= 0.6 is 15.9 Å². The second-order valence-corrected chi connectivity index (χ2v) is 6.69. The molecule has 1 fully saturated rings. The van der Waals surface area contributed by atoms with Crippen LogP contribution in [-0.4, -0.2) is 22.5 Å². The summed E-state index contributed by atoms with van der Waals surface area (Å²) in [5.74, 6) is 0. The predicted molar refractivity (Wildman–Crippen MR) is 88.1 cm³/mol. The number of aromatic nitrogens is 2. The molecular formula is C17H21BrN2O. The van der Waals surface area contributed by atoms with Gasteiger partial charge in [0.2, 0.25) is 0 Å². The minimum atomic E-state index is 0.348. The molecule has 112 valence electrons. The van der Waals surface area contributed by atoms with Crippen LogP contribution in [0, 0.1) is 0 Å². The molecule has 2 aromatic rings. The largest absolute Gasteiger partial charge is 0.378 e. The molecule has 2 heterocycles. The maximum absolute atomic E-state index is 5.80. The SMILES string of the molecule is BrC(CCC1CCCCO1)c1cnn(-c2ccccc2)c1. The van der Waals surface area contributed by atoms with E-state index >= 15 is 0 Å². The van der Waals surface area contributed by atoms with Crippen LogP contribution in [0.1, 0.15) is 42.5 Å². The Labute approximate surface area is 134 Å². The molecule has 0 aliphatic carbocycles. The maximum Gasteiger partial charge on any atom is 0.0645 e. The van der Waals surface area contributed by atoms with E-state index in [-0.39, 0.29) is 0 Å². The highest BCUT2D eigenvalue weighted by atomic mass is 79.9. The number of nitrogens with zero attached hydrogens (tertiary/aromatic N) is 2. The van der Waals surface area contributed by atoms with Gasteiger partial charge in [0, 0.05) is 23.2 Å². The summed E-state index contributed by atoms with van der Waals surface area (Å²) in [6.45, 7) is 0.934. The fourth-order valence-electron chi connectivity index (χ4n) is 2.75. The van der Waals surface area contributed by atoms with Crippen LogP contribution in [-0.2, 0) is 4.74 Å². The molecule has 0 N–H and O–H groups in total. The summed E-state index contributed by atoms with van der Waals surface area (Å²) >= 11 is 3.79. The third-order valence-electron chi connectivity index (χ3n) is 4.00. The van der Waals surface area contributed by atoms with Crippen LogP contribution in [0.5, 0.6) is 0 Å². The molecule has 1 aliphatic heterocycles. The van der Waals surface area contributed by atoms with Crippen molar-refractivity contribution in [3.05, 3.63) is 48.3 Å². The third kappa shape index (κ3) is 3.95. The topological polar surface area (TPSA) is 27.1 Å². The van der Waals surface area contributed by atoms with Crippen molar-refractivity contribution in [2.45, 2.75) is 43.0 Å². The summed E-state index contributed by atoms with van der Waals surface area (Å²) in [4.78, 5) is 0.348. The fraction of sp³-hybridized carbons (Fsp3) is 0.471. The van der Waals surface area contributed by atoms with E-state index in [2.05, 4.69) is 39.4 Å². The van der Waals surface area contributed by atoms with Gasteiger partial charge in [-0.05, 0) is 44.2 Å². The van der Waals surface area contributed by atoms with Crippen LogP contribution in [0.4, 0.5) is 0 Å². The Hall–Kier alpha value is -1.13. The number of para-hydroxylation sites is 1. The van der Waals surface area contributed by atoms with Crippen molar-refractivity contribution in [1.29, 1.82) is 0 Å². The molecule has 1 saturated heterocycles. The second-order valence-electron chi connectivity index (χ2n) is 5.59. The standard InChI is InChI=1S/C17H21BrN2O/c18-17(10-9-16-8-4-5-11-21-16)14-12-19-20(13-14)15-6-2-1-3-7-15/h1-3,6-7,12-13,16-17H,4-5,8-11H2. The molecule has 3 rings (SSSR count). The maximum atomic E-state index is 5.80. The number of alkyl halides is 1. The first-order valence-corrected chi connectivity index (χ1v) is 8.60. The minimum absolute atomic E-state index is 0.348. The Balaban J connectivity index is 1.57. The number of rotatable bonds is 5. The monoisotopic (exact) mass is 348 g/mol. The van der Waals surface area contributed by atoms with Gasteiger partial charge in [-0.1, -0.05) is 34.1 Å². The third-order valence-corrected chi connectivity index (χ3v) is 4.99. The zero-order valence-corrected chi connectivity index (χ0v) is 13.7. The molecule has 3 nitrogen and oxygen atoms in total. The van der Waals surface area contributed by atoms with Gasteiger partial charge in [0.1, 0.15) is 0 Å². The Bertz CT molecular complexity index is 549. The van der Waals surface area contributed by atoms with Crippen molar-refractivity contribution in [1.82, 2.24) is 9.78 Å². The summed E-state index contributed by atoms with van der Waals surface area (Å²) in [5.41, 5.74) is 2.33. The molecule has 0 amide bonds. The molecule has 1 aromatic heterocycles. The van der Waals surface area contributed by atoms with E-state index in [0.717, 1.165) is 25.1 Å². The second kappa shape index (κ2) is 7.23. The van der Waals surface area contributed by atoms with Gasteiger partial charge in [-0.25, -0.2) is 4.68 Å². The first-order valence-electron chi connectivity index (χ1n) is 7.68. The van der Waals surface area contributed by atoms with E-state index in [9.17, 15) is 0 Å². The highest BCUT2D eigenvalue weighted by Crippen LogP contribution is 2.30. The van der Waals surface area contributed by atoms with Crippen molar-refractivity contribution in [2.24, 2.45) is 0 Å². The number of ether oxygens (including phenoxy) is 1. The van der Waals surface area contributed by atoms with E-state index in [4.69, 9.17) is 4.74 Å². The van der Waals surface area contributed by atoms with Gasteiger partial charge < -0.3 is 4.74 Å². The smallest absolute Gasteiger partial charge is 0.0645 e. The predicted octanol–water partition coefficient (Wildman–Crippen LogP) is 4.66. The minimum Gasteiger partial charge on any atom is -0.378 e. The zero-order chi connectivity index (χ0) is 14.5. The Kier molecular flexibility index (Phi) is 5.09. The Morgan fingerprint density at radius 2 is 2.14 bits per heavy atom. The number of halogens is 1. The summed E-state index contributed by atoms with van der Waals surface area (Å²) in [6.07, 6.45) is 10.5. The Morgan fingerprint density at radius 1 is 1.29 bits per heavy atom. The lowest BCUT2D eigenvalue weighted by Gasteiger charge is -2.23. The first kappa shape index (κ1) is 14.8. The van der Waals surface area contributed by atoms with Gasteiger partial charge in [-0.2, -0.15) is 5.10 Å². The molecule has 0 bridgehead atoms. The van der Waals surface area contributed by atoms with E-state index in [0.29, 0.717) is 10.9 Å². The molecule has 2 atom stereocenters. The van der Waals surface area contributed by atoms with Crippen LogP contribution < -0.4 is 0 Å². The van der Waals surface area contributed by atoms with Crippen molar-refractivity contribution >= 4 is 15.9 Å². The molecule has 0 radical (unpaired) electrons. The fourth-order valence-corrected chi connectivity index (χ4v) is 3.26. The number of hydrogen-bond acceptors (Lipinski definition) is 2. The van der Waals surface area contributed by atoms with Crippen molar-refractivity contribution in [3.63, 3.8) is 0 Å². The van der Waals surface area contributed by atoms with Gasteiger partial charge in [0.25, 0.3) is 0 Å². The normalized spacial score (nSPS) is 20.3. The first-order chi connectivity index (χ1) is 10.3. The Morgan fingerprint density at radius 3 is 2.90 bits per heavy atom. The van der Waals surface area contributed by atoms with Crippen LogP contribution in [0.3, 0.4) is 0 Å². The molecule has 1 aromatic carbocycles. The van der Waals surface area contributed by atoms with E-state index in [1.165, 1.54) is 24.8 Å². The summed E-state index contributed by atoms with van der Waals surface area (Å²) < 4.78 is 7.73. The molecular weight excluding hydrogens is 328 g/mol. The van der Waals surface area contributed by atoms with Gasteiger partial charge in [-0.3, -0.25) is 0 Å². The molecule has 0 spiro atoms. The average Bonchev–Trinajstić information content (AvgIpc) is 3.04. The van der Waals surface area contributed by atoms with Crippen molar-refractivity contribution in [3.8, 4) is 5.69 Å².